The summed E-state index contributed by atoms with van der Waals surface area (Å²) in [7, 11) is 0. The number of nitrogens with zero attached hydrogens (tertiary/aromatic N) is 3. The Morgan fingerprint density at radius 2 is 1.20 bits per heavy atom. The molecule has 0 N–H and O–H groups in total. The molecule has 0 fully saturated rings. The molecule has 5 aromatic rings. The van der Waals surface area contributed by atoms with Crippen molar-refractivity contribution in [3.05, 3.63) is 77.5 Å². The van der Waals surface area contributed by atoms with E-state index in [1.807, 2.05) is 36.7 Å². The van der Waals surface area contributed by atoms with E-state index in [-0.39, 0.29) is 0 Å². The number of fused-ring (bicyclic) bond motifs is 6. The summed E-state index contributed by atoms with van der Waals surface area (Å²) in [6, 6.07) is 20.4. The quantitative estimate of drug-likeness (QED) is 0.344. The third kappa shape index (κ3) is 2.29. The van der Waals surface area contributed by atoms with Gasteiger partial charge in [0, 0.05) is 38.6 Å². The van der Waals surface area contributed by atoms with Gasteiger partial charge in [-0.15, -0.1) is 0 Å². The monoisotopic (exact) mass is 385 g/mol. The lowest BCUT2D eigenvalue weighted by Gasteiger charge is -2.09. The van der Waals surface area contributed by atoms with E-state index in [4.69, 9.17) is 4.98 Å². The second-order valence-electron chi connectivity index (χ2n) is 5.90. The van der Waals surface area contributed by atoms with Crippen LogP contribution in [-0.2, 0) is 0 Å². The molecule has 0 unspecified atom stereocenters. The molecular weight excluding hydrogens is 374 g/mol. The van der Waals surface area contributed by atoms with Crippen LogP contribution in [0.5, 0.6) is 0 Å². The summed E-state index contributed by atoms with van der Waals surface area (Å²) in [5, 5.41) is 3.16. The van der Waals surface area contributed by atoms with Crippen LogP contribution in [0.3, 0.4) is 0 Å². The van der Waals surface area contributed by atoms with Crippen LogP contribution in [-0.4, -0.2) is 15.0 Å². The average molecular weight is 386 g/mol. The predicted molar refractivity (Wildman–Crippen MR) is 105 cm³/mol. The Balaban J connectivity index is 1.91. The second-order valence-corrected chi connectivity index (χ2v) is 6.81. The molecule has 0 aliphatic heterocycles. The fourth-order valence-corrected chi connectivity index (χ4v) is 3.52. The summed E-state index contributed by atoms with van der Waals surface area (Å²) in [6.07, 6.45) is 3.64. The minimum Gasteiger partial charge on any atom is -0.255 e. The van der Waals surface area contributed by atoms with E-state index in [2.05, 4.69) is 62.3 Å². The first-order valence-electron chi connectivity index (χ1n) is 7.99. The van der Waals surface area contributed by atoms with Gasteiger partial charge in [-0.2, -0.15) is 0 Å². The predicted octanol–water partition coefficient (Wildman–Crippen LogP) is 5.76. The van der Waals surface area contributed by atoms with Crippen molar-refractivity contribution >= 4 is 48.6 Å². The summed E-state index contributed by atoms with van der Waals surface area (Å²) in [6.45, 7) is 0. The third-order valence-electron chi connectivity index (χ3n) is 4.42. The molecule has 0 atom stereocenters. The fourth-order valence-electron chi connectivity index (χ4n) is 3.26. The van der Waals surface area contributed by atoms with E-state index >= 15 is 0 Å². The summed E-state index contributed by atoms with van der Waals surface area (Å²) < 4.78 is 1.06. The number of hydrogen-bond acceptors (Lipinski definition) is 3. The molecule has 0 spiro atoms. The molecule has 0 saturated heterocycles. The van der Waals surface area contributed by atoms with Gasteiger partial charge in [0.2, 0.25) is 0 Å². The van der Waals surface area contributed by atoms with Crippen molar-refractivity contribution < 1.29 is 0 Å². The molecule has 4 heteroatoms. The van der Waals surface area contributed by atoms with Gasteiger partial charge in [0.1, 0.15) is 0 Å². The van der Waals surface area contributed by atoms with Crippen molar-refractivity contribution in [2.75, 3.05) is 0 Å². The van der Waals surface area contributed by atoms with Crippen LogP contribution in [0.2, 0.25) is 0 Å². The molecule has 0 amide bonds. The molecule has 118 valence electrons. The molecule has 5 rings (SSSR count). The Kier molecular flexibility index (Phi) is 3.25. The first-order valence-corrected chi connectivity index (χ1v) is 8.79. The lowest BCUT2D eigenvalue weighted by atomic mass is 10.0. The Bertz CT molecular complexity index is 1210. The van der Waals surface area contributed by atoms with E-state index < -0.39 is 0 Å². The lowest BCUT2D eigenvalue weighted by Crippen LogP contribution is -1.91. The first-order chi connectivity index (χ1) is 12.3. The van der Waals surface area contributed by atoms with E-state index in [1.165, 1.54) is 0 Å². The largest absolute Gasteiger partial charge is 0.255 e. The van der Waals surface area contributed by atoms with Crippen LogP contribution >= 0.6 is 15.9 Å². The minimum absolute atomic E-state index is 0.940. The van der Waals surface area contributed by atoms with E-state index in [9.17, 15) is 0 Å². The highest BCUT2D eigenvalue weighted by atomic mass is 79.9. The van der Waals surface area contributed by atoms with Gasteiger partial charge in [-0.3, -0.25) is 9.97 Å². The molecule has 0 radical (unpaired) electrons. The van der Waals surface area contributed by atoms with Crippen molar-refractivity contribution in [1.82, 2.24) is 15.0 Å². The number of halogens is 1. The van der Waals surface area contributed by atoms with Crippen LogP contribution in [0.25, 0.3) is 44.0 Å². The summed E-state index contributed by atoms with van der Waals surface area (Å²) in [5.74, 6) is 0. The van der Waals surface area contributed by atoms with Crippen molar-refractivity contribution in [2.24, 2.45) is 0 Å². The van der Waals surface area contributed by atoms with Gasteiger partial charge in [0.05, 0.1) is 22.2 Å². The Labute approximate surface area is 152 Å². The van der Waals surface area contributed by atoms with Crippen molar-refractivity contribution in [3.63, 3.8) is 0 Å². The van der Waals surface area contributed by atoms with Gasteiger partial charge < -0.3 is 0 Å². The highest BCUT2D eigenvalue weighted by Crippen LogP contribution is 2.33. The topological polar surface area (TPSA) is 38.7 Å². The van der Waals surface area contributed by atoms with Crippen molar-refractivity contribution in [1.29, 1.82) is 0 Å². The molecule has 2 aromatic carbocycles. The number of benzene rings is 2. The van der Waals surface area contributed by atoms with Crippen LogP contribution in [0.1, 0.15) is 0 Å². The maximum absolute atomic E-state index is 4.96. The molecule has 3 nitrogen and oxygen atoms in total. The molecule has 25 heavy (non-hydrogen) atoms. The second kappa shape index (κ2) is 5.60. The summed E-state index contributed by atoms with van der Waals surface area (Å²) >= 11 is 3.48. The highest BCUT2D eigenvalue weighted by molar-refractivity contribution is 9.10. The van der Waals surface area contributed by atoms with Gasteiger partial charge in [-0.25, -0.2) is 4.98 Å². The molecule has 0 bridgehead atoms. The number of hydrogen-bond donors (Lipinski definition) is 0. The zero-order valence-corrected chi connectivity index (χ0v) is 14.7. The lowest BCUT2D eigenvalue weighted by molar-refractivity contribution is 1.37. The van der Waals surface area contributed by atoms with Gasteiger partial charge in [0.25, 0.3) is 0 Å². The number of aromatic nitrogens is 3. The summed E-state index contributed by atoms with van der Waals surface area (Å²) in [4.78, 5) is 14.1. The van der Waals surface area contributed by atoms with Crippen LogP contribution < -0.4 is 0 Å². The molecule has 0 saturated carbocycles. The SMILES string of the molecule is Brc1ccc(-c2ccc3c4ncccc4c4ncccc4c3n2)cc1. The molecule has 3 heterocycles. The van der Waals surface area contributed by atoms with Gasteiger partial charge in [-0.05, 0) is 48.5 Å². The van der Waals surface area contributed by atoms with Crippen molar-refractivity contribution in [2.45, 2.75) is 0 Å². The van der Waals surface area contributed by atoms with Crippen LogP contribution in [0.4, 0.5) is 0 Å². The average Bonchev–Trinajstić information content (AvgIpc) is 2.68. The number of rotatable bonds is 1. The van der Waals surface area contributed by atoms with E-state index in [1.54, 1.807) is 0 Å². The standard InChI is InChI=1S/C21H12BrN3/c22-14-7-5-13(6-8-14)18-10-9-17-20-15(3-1-11-24-20)19-16(21(17)25-18)4-2-12-23-19/h1-12H. The first kappa shape index (κ1) is 14.5. The zero-order chi connectivity index (χ0) is 16.8. The Morgan fingerprint density at radius 3 is 1.88 bits per heavy atom. The minimum atomic E-state index is 0.940. The van der Waals surface area contributed by atoms with Crippen LogP contribution in [0.15, 0.2) is 77.5 Å². The van der Waals surface area contributed by atoms with Gasteiger partial charge >= 0.3 is 0 Å². The fraction of sp³-hybridized carbons (Fsp3) is 0. The molecule has 0 aliphatic carbocycles. The van der Waals surface area contributed by atoms with Gasteiger partial charge in [0.15, 0.2) is 0 Å². The Morgan fingerprint density at radius 1 is 0.600 bits per heavy atom. The maximum atomic E-state index is 4.96. The summed E-state index contributed by atoms with van der Waals surface area (Å²) in [5.41, 5.74) is 4.86. The number of pyridine rings is 3. The van der Waals surface area contributed by atoms with Crippen molar-refractivity contribution in [3.8, 4) is 11.3 Å². The molecule has 3 aromatic heterocycles. The Hall–Kier alpha value is -2.85. The van der Waals surface area contributed by atoms with Crippen LogP contribution in [0, 0.1) is 0 Å². The maximum Gasteiger partial charge on any atom is 0.0825 e. The molecular formula is C21H12BrN3. The normalized spacial score (nSPS) is 11.4. The zero-order valence-electron chi connectivity index (χ0n) is 13.1. The smallest absolute Gasteiger partial charge is 0.0825 e. The highest BCUT2D eigenvalue weighted by Gasteiger charge is 2.12. The van der Waals surface area contributed by atoms with E-state index in [0.29, 0.717) is 0 Å². The van der Waals surface area contributed by atoms with Gasteiger partial charge in [-0.1, -0.05) is 28.1 Å². The molecule has 0 aliphatic rings. The third-order valence-corrected chi connectivity index (χ3v) is 4.94. The van der Waals surface area contributed by atoms with E-state index in [0.717, 1.165) is 48.4 Å².